The van der Waals surface area contributed by atoms with Crippen molar-refractivity contribution in [2.75, 3.05) is 38.6 Å². The summed E-state index contributed by atoms with van der Waals surface area (Å²) in [6.45, 7) is 11.3. The number of rotatable bonds is 6. The normalized spacial score (nSPS) is 17.4. The summed E-state index contributed by atoms with van der Waals surface area (Å²) in [5.41, 5.74) is 1.31. The number of nitrogens with zero attached hydrogens (tertiary/aromatic N) is 4. The summed E-state index contributed by atoms with van der Waals surface area (Å²) < 4.78 is 0. The van der Waals surface area contributed by atoms with Crippen LogP contribution in [0.2, 0.25) is 0 Å². The number of aromatic nitrogens is 1. The van der Waals surface area contributed by atoms with E-state index in [-0.39, 0.29) is 0 Å². The van der Waals surface area contributed by atoms with Crippen LogP contribution >= 0.6 is 0 Å². The maximum absolute atomic E-state index is 4.61. The van der Waals surface area contributed by atoms with Crippen molar-refractivity contribution >= 4 is 5.82 Å². The molecule has 1 aromatic rings. The van der Waals surface area contributed by atoms with Gasteiger partial charge in [0.15, 0.2) is 0 Å². The molecule has 4 nitrogen and oxygen atoms in total. The number of pyridine rings is 1. The average Bonchev–Trinajstić information content (AvgIpc) is 2.54. The van der Waals surface area contributed by atoms with Gasteiger partial charge in [-0.05, 0) is 65.0 Å². The lowest BCUT2D eigenvalue weighted by Gasteiger charge is -2.36. The zero-order valence-electron chi connectivity index (χ0n) is 14.9. The van der Waals surface area contributed by atoms with Gasteiger partial charge in [-0.1, -0.05) is 13.0 Å². The minimum absolute atomic E-state index is 0.477. The predicted octanol–water partition coefficient (Wildman–Crippen LogP) is 2.84. The molecule has 0 spiro atoms. The Morgan fingerprint density at radius 1 is 1.23 bits per heavy atom. The first-order valence-electron chi connectivity index (χ1n) is 8.61. The summed E-state index contributed by atoms with van der Waals surface area (Å²) in [7, 11) is 4.35. The topological polar surface area (TPSA) is 22.6 Å². The first-order chi connectivity index (χ1) is 10.5. The molecule has 0 aromatic carbocycles. The second-order valence-electron chi connectivity index (χ2n) is 6.81. The third-order valence-electron chi connectivity index (χ3n) is 5.00. The van der Waals surface area contributed by atoms with E-state index < -0.39 is 0 Å². The van der Waals surface area contributed by atoms with Crippen LogP contribution in [0, 0.1) is 0 Å². The molecule has 2 heterocycles. The molecule has 0 N–H and O–H groups in total. The Labute approximate surface area is 136 Å². The Hall–Kier alpha value is -1.13. The van der Waals surface area contributed by atoms with Crippen molar-refractivity contribution in [3.8, 4) is 0 Å². The van der Waals surface area contributed by atoms with Gasteiger partial charge in [-0.15, -0.1) is 0 Å². The maximum Gasteiger partial charge on any atom is 0.128 e. The fraction of sp³-hybridized carbons (Fsp3) is 0.722. The van der Waals surface area contributed by atoms with Crippen molar-refractivity contribution < 1.29 is 0 Å². The highest BCUT2D eigenvalue weighted by atomic mass is 15.2. The molecule has 0 radical (unpaired) electrons. The molecule has 1 fully saturated rings. The smallest absolute Gasteiger partial charge is 0.128 e. The summed E-state index contributed by atoms with van der Waals surface area (Å²) in [4.78, 5) is 11.9. The van der Waals surface area contributed by atoms with Gasteiger partial charge >= 0.3 is 0 Å². The van der Waals surface area contributed by atoms with Crippen LogP contribution in [0.4, 0.5) is 5.82 Å². The molecule has 1 aliphatic rings. The van der Waals surface area contributed by atoms with Crippen LogP contribution in [0.5, 0.6) is 0 Å². The van der Waals surface area contributed by atoms with E-state index in [1.807, 2.05) is 6.20 Å². The number of anilines is 1. The lowest BCUT2D eigenvalue weighted by molar-refractivity contribution is 0.127. The zero-order valence-corrected chi connectivity index (χ0v) is 14.9. The monoisotopic (exact) mass is 304 g/mol. The number of likely N-dealkylation sites (tertiary alicyclic amines) is 1. The van der Waals surface area contributed by atoms with Crippen LogP contribution in [0.3, 0.4) is 0 Å². The van der Waals surface area contributed by atoms with Crippen LogP contribution in [0.1, 0.15) is 39.2 Å². The maximum atomic E-state index is 4.61. The molecule has 4 heteroatoms. The Balaban J connectivity index is 1.88. The number of hydrogen-bond acceptors (Lipinski definition) is 4. The van der Waals surface area contributed by atoms with Gasteiger partial charge in [-0.2, -0.15) is 0 Å². The molecular weight excluding hydrogens is 272 g/mol. The highest BCUT2D eigenvalue weighted by Crippen LogP contribution is 2.18. The molecular formula is C18H32N4. The van der Waals surface area contributed by atoms with E-state index in [1.54, 1.807) is 0 Å². The summed E-state index contributed by atoms with van der Waals surface area (Å²) in [6.07, 6.45) is 4.60. The quantitative estimate of drug-likeness (QED) is 0.806. The van der Waals surface area contributed by atoms with Gasteiger partial charge in [-0.25, -0.2) is 4.98 Å². The molecule has 0 amide bonds. The summed E-state index contributed by atoms with van der Waals surface area (Å²) in [6, 6.07) is 5.55. The second-order valence-corrected chi connectivity index (χ2v) is 6.81. The van der Waals surface area contributed by atoms with Crippen LogP contribution in [0.15, 0.2) is 18.3 Å². The Morgan fingerprint density at radius 2 is 1.91 bits per heavy atom. The van der Waals surface area contributed by atoms with Crippen molar-refractivity contribution in [3.05, 3.63) is 23.9 Å². The Kier molecular flexibility index (Phi) is 6.21. The third kappa shape index (κ3) is 4.43. The van der Waals surface area contributed by atoms with Crippen LogP contribution in [-0.2, 0) is 6.54 Å². The molecule has 0 bridgehead atoms. The fourth-order valence-electron chi connectivity index (χ4n) is 3.08. The van der Waals surface area contributed by atoms with Gasteiger partial charge in [-0.3, -0.25) is 4.90 Å². The lowest BCUT2D eigenvalue weighted by Crippen LogP contribution is -2.42. The van der Waals surface area contributed by atoms with Gasteiger partial charge < -0.3 is 9.80 Å². The minimum Gasteiger partial charge on any atom is -0.357 e. The van der Waals surface area contributed by atoms with Crippen molar-refractivity contribution in [1.82, 2.24) is 14.8 Å². The van der Waals surface area contributed by atoms with Crippen molar-refractivity contribution in [2.24, 2.45) is 0 Å². The zero-order chi connectivity index (χ0) is 16.1. The van der Waals surface area contributed by atoms with E-state index in [0.717, 1.165) is 12.4 Å². The van der Waals surface area contributed by atoms with Crippen molar-refractivity contribution in [3.63, 3.8) is 0 Å². The van der Waals surface area contributed by atoms with Gasteiger partial charge in [0, 0.05) is 31.9 Å². The predicted molar refractivity (Wildman–Crippen MR) is 94.4 cm³/mol. The number of piperidine rings is 1. The lowest BCUT2D eigenvalue weighted by atomic mass is 10.0. The molecule has 0 saturated carbocycles. The van der Waals surface area contributed by atoms with E-state index >= 15 is 0 Å². The molecule has 22 heavy (non-hydrogen) atoms. The van der Waals surface area contributed by atoms with Crippen LogP contribution < -0.4 is 4.90 Å². The SMILES string of the molecule is CCN1CCC(N(C)Cc2ccc(N(C)C(C)C)nc2)CC1. The molecule has 1 saturated heterocycles. The van der Waals surface area contributed by atoms with Crippen molar-refractivity contribution in [1.29, 1.82) is 0 Å². The first-order valence-corrected chi connectivity index (χ1v) is 8.61. The van der Waals surface area contributed by atoms with Crippen LogP contribution in [0.25, 0.3) is 0 Å². The van der Waals surface area contributed by atoms with Gasteiger partial charge in [0.1, 0.15) is 5.82 Å². The van der Waals surface area contributed by atoms with E-state index in [9.17, 15) is 0 Å². The van der Waals surface area contributed by atoms with E-state index in [0.29, 0.717) is 12.1 Å². The highest BCUT2D eigenvalue weighted by molar-refractivity contribution is 5.39. The van der Waals surface area contributed by atoms with E-state index in [1.165, 1.54) is 38.0 Å². The van der Waals surface area contributed by atoms with Gasteiger partial charge in [0.2, 0.25) is 0 Å². The highest BCUT2D eigenvalue weighted by Gasteiger charge is 2.21. The van der Waals surface area contributed by atoms with Gasteiger partial charge in [0.05, 0.1) is 0 Å². The average molecular weight is 304 g/mol. The van der Waals surface area contributed by atoms with Gasteiger partial charge in [0.25, 0.3) is 0 Å². The molecule has 2 rings (SSSR count). The molecule has 1 aromatic heterocycles. The van der Waals surface area contributed by atoms with Crippen LogP contribution in [-0.4, -0.2) is 60.6 Å². The Bertz CT molecular complexity index is 435. The summed E-state index contributed by atoms with van der Waals surface area (Å²) in [5.74, 6) is 1.05. The first kappa shape index (κ1) is 17.2. The van der Waals surface area contributed by atoms with Crippen molar-refractivity contribution in [2.45, 2.75) is 52.2 Å². The largest absolute Gasteiger partial charge is 0.357 e. The summed E-state index contributed by atoms with van der Waals surface area (Å²) in [5, 5.41) is 0. The third-order valence-corrected chi connectivity index (χ3v) is 5.00. The second kappa shape index (κ2) is 7.93. The number of hydrogen-bond donors (Lipinski definition) is 0. The molecule has 0 atom stereocenters. The molecule has 124 valence electrons. The Morgan fingerprint density at radius 3 is 2.41 bits per heavy atom. The molecule has 1 aliphatic heterocycles. The van der Waals surface area contributed by atoms with E-state index in [2.05, 4.69) is 66.7 Å². The van der Waals surface area contributed by atoms with E-state index in [4.69, 9.17) is 0 Å². The molecule has 0 aliphatic carbocycles. The fourth-order valence-corrected chi connectivity index (χ4v) is 3.08. The standard InChI is InChI=1S/C18H32N4/c1-6-22-11-9-17(10-12-22)20(4)14-16-7-8-18(19-13-16)21(5)15(2)3/h7-8,13,15,17H,6,9-12,14H2,1-5H3. The molecule has 0 unspecified atom stereocenters. The minimum atomic E-state index is 0.477. The summed E-state index contributed by atoms with van der Waals surface area (Å²) >= 11 is 0.